The molecule has 2 rings (SSSR count). The minimum atomic E-state index is -0.0484. The molecule has 2 aromatic rings. The molecule has 0 aliphatic heterocycles. The lowest BCUT2D eigenvalue weighted by Gasteiger charge is -2.19. The monoisotopic (exact) mass is 257 g/mol. The minimum absolute atomic E-state index is 0.0484. The van der Waals surface area contributed by atoms with Crippen LogP contribution in [0.25, 0.3) is 5.69 Å². The van der Waals surface area contributed by atoms with Gasteiger partial charge in [-0.2, -0.15) is 5.10 Å². The van der Waals surface area contributed by atoms with Gasteiger partial charge in [0.05, 0.1) is 5.69 Å². The van der Waals surface area contributed by atoms with Gasteiger partial charge in [-0.1, -0.05) is 18.2 Å². The molecule has 4 heteroatoms. The number of nitrogens with zero attached hydrogens (tertiary/aromatic N) is 3. The number of rotatable bonds is 3. The van der Waals surface area contributed by atoms with E-state index in [9.17, 15) is 4.79 Å². The highest BCUT2D eigenvalue weighted by atomic mass is 16.2. The van der Waals surface area contributed by atoms with Gasteiger partial charge in [0.25, 0.3) is 5.91 Å². The van der Waals surface area contributed by atoms with Gasteiger partial charge in [-0.15, -0.1) is 0 Å². The highest BCUT2D eigenvalue weighted by molar-refractivity contribution is 5.92. The molecule has 1 amide bonds. The fourth-order valence-electron chi connectivity index (χ4n) is 1.82. The number of hydrogen-bond donors (Lipinski definition) is 0. The van der Waals surface area contributed by atoms with E-state index in [4.69, 9.17) is 0 Å². The van der Waals surface area contributed by atoms with Crippen molar-refractivity contribution in [1.82, 2.24) is 14.7 Å². The molecule has 0 bridgehead atoms. The third-order valence-electron chi connectivity index (χ3n) is 3.20. The lowest BCUT2D eigenvalue weighted by molar-refractivity contribution is 0.0748. The van der Waals surface area contributed by atoms with Crippen LogP contribution in [0.4, 0.5) is 0 Å². The predicted molar refractivity (Wildman–Crippen MR) is 75.5 cm³/mol. The second-order valence-electron chi connectivity index (χ2n) is 4.93. The van der Waals surface area contributed by atoms with Gasteiger partial charge < -0.3 is 4.90 Å². The molecule has 0 aliphatic carbocycles. The second-order valence-corrected chi connectivity index (χ2v) is 4.93. The Hall–Kier alpha value is -2.10. The summed E-state index contributed by atoms with van der Waals surface area (Å²) in [7, 11) is 1.80. The van der Waals surface area contributed by atoms with Crippen LogP contribution in [0.5, 0.6) is 0 Å². The average Bonchev–Trinajstić information content (AvgIpc) is 2.80. The van der Waals surface area contributed by atoms with Gasteiger partial charge >= 0.3 is 0 Å². The first-order valence-electron chi connectivity index (χ1n) is 6.40. The SMILES string of the molecule is Cc1cc(C(=O)N(C)C(C)C)nn1-c1ccccc1. The summed E-state index contributed by atoms with van der Waals surface area (Å²) in [6, 6.07) is 11.8. The van der Waals surface area contributed by atoms with E-state index >= 15 is 0 Å². The van der Waals surface area contributed by atoms with Crippen molar-refractivity contribution in [3.63, 3.8) is 0 Å². The molecule has 0 unspecified atom stereocenters. The van der Waals surface area contributed by atoms with E-state index in [-0.39, 0.29) is 11.9 Å². The number of para-hydroxylation sites is 1. The van der Waals surface area contributed by atoms with Crippen LogP contribution in [0.15, 0.2) is 36.4 Å². The van der Waals surface area contributed by atoms with E-state index < -0.39 is 0 Å². The highest BCUT2D eigenvalue weighted by Crippen LogP contribution is 2.13. The maximum Gasteiger partial charge on any atom is 0.274 e. The summed E-state index contributed by atoms with van der Waals surface area (Å²) in [6.45, 7) is 5.92. The van der Waals surface area contributed by atoms with Crippen LogP contribution in [-0.4, -0.2) is 33.7 Å². The zero-order chi connectivity index (χ0) is 14.0. The van der Waals surface area contributed by atoms with E-state index in [1.165, 1.54) is 0 Å². The number of benzene rings is 1. The van der Waals surface area contributed by atoms with E-state index in [2.05, 4.69) is 5.10 Å². The summed E-state index contributed by atoms with van der Waals surface area (Å²) < 4.78 is 1.79. The van der Waals surface area contributed by atoms with E-state index in [0.29, 0.717) is 5.69 Å². The average molecular weight is 257 g/mol. The number of carbonyl (C=O) groups is 1. The Labute approximate surface area is 113 Å². The molecule has 1 heterocycles. The molecule has 0 saturated carbocycles. The summed E-state index contributed by atoms with van der Waals surface area (Å²) in [5, 5.41) is 4.41. The van der Waals surface area contributed by atoms with Gasteiger partial charge in [0, 0.05) is 18.8 Å². The lowest BCUT2D eigenvalue weighted by Crippen LogP contribution is -2.33. The van der Waals surface area contributed by atoms with Crippen LogP contribution in [0, 0.1) is 6.92 Å². The molecule has 0 N–H and O–H groups in total. The first-order valence-corrected chi connectivity index (χ1v) is 6.40. The van der Waals surface area contributed by atoms with Crippen molar-refractivity contribution < 1.29 is 4.79 Å². The maximum absolute atomic E-state index is 12.2. The maximum atomic E-state index is 12.2. The summed E-state index contributed by atoms with van der Waals surface area (Å²) in [4.78, 5) is 13.9. The fourth-order valence-corrected chi connectivity index (χ4v) is 1.82. The Kier molecular flexibility index (Phi) is 3.69. The second kappa shape index (κ2) is 5.26. The van der Waals surface area contributed by atoms with Crippen LogP contribution >= 0.6 is 0 Å². The van der Waals surface area contributed by atoms with Crippen LogP contribution in [0.3, 0.4) is 0 Å². The van der Waals surface area contributed by atoms with Crippen molar-refractivity contribution in [2.24, 2.45) is 0 Å². The summed E-state index contributed by atoms with van der Waals surface area (Å²) in [5.41, 5.74) is 2.40. The van der Waals surface area contributed by atoms with E-state index in [1.807, 2.05) is 57.2 Å². The molecule has 0 aliphatic rings. The van der Waals surface area contributed by atoms with Crippen LogP contribution in [0.1, 0.15) is 30.0 Å². The molecular formula is C15H19N3O. The Morgan fingerprint density at radius 1 is 1.26 bits per heavy atom. The largest absolute Gasteiger partial charge is 0.338 e. The third kappa shape index (κ3) is 2.67. The molecular weight excluding hydrogens is 238 g/mol. The summed E-state index contributed by atoms with van der Waals surface area (Å²) >= 11 is 0. The minimum Gasteiger partial charge on any atom is -0.338 e. The number of aryl methyl sites for hydroxylation is 1. The van der Waals surface area contributed by atoms with Crippen molar-refractivity contribution in [2.75, 3.05) is 7.05 Å². The van der Waals surface area contributed by atoms with Crippen molar-refractivity contribution in [2.45, 2.75) is 26.8 Å². The summed E-state index contributed by atoms with van der Waals surface area (Å²) in [6.07, 6.45) is 0. The number of amides is 1. The Morgan fingerprint density at radius 2 is 1.89 bits per heavy atom. The molecule has 0 fully saturated rings. The zero-order valence-corrected chi connectivity index (χ0v) is 11.8. The van der Waals surface area contributed by atoms with Gasteiger partial charge in [-0.3, -0.25) is 4.79 Å². The van der Waals surface area contributed by atoms with Crippen LogP contribution in [-0.2, 0) is 0 Å². The molecule has 0 radical (unpaired) electrons. The van der Waals surface area contributed by atoms with Gasteiger partial charge in [-0.25, -0.2) is 4.68 Å². The van der Waals surface area contributed by atoms with Gasteiger partial charge in [0.15, 0.2) is 5.69 Å². The van der Waals surface area contributed by atoms with Crippen molar-refractivity contribution >= 4 is 5.91 Å². The standard InChI is InChI=1S/C15H19N3O/c1-11(2)17(4)15(19)14-10-12(3)18(16-14)13-8-6-5-7-9-13/h5-11H,1-4H3. The zero-order valence-electron chi connectivity index (χ0n) is 11.8. The molecule has 0 spiro atoms. The molecule has 19 heavy (non-hydrogen) atoms. The first-order chi connectivity index (χ1) is 9.00. The van der Waals surface area contributed by atoms with E-state index in [0.717, 1.165) is 11.4 Å². The Balaban J connectivity index is 2.35. The van der Waals surface area contributed by atoms with Crippen LogP contribution < -0.4 is 0 Å². The van der Waals surface area contributed by atoms with Gasteiger partial charge in [0.1, 0.15) is 0 Å². The molecule has 0 saturated heterocycles. The number of hydrogen-bond acceptors (Lipinski definition) is 2. The number of carbonyl (C=O) groups excluding carboxylic acids is 1. The van der Waals surface area contributed by atoms with Crippen molar-refractivity contribution in [3.05, 3.63) is 47.8 Å². The molecule has 4 nitrogen and oxygen atoms in total. The molecule has 0 atom stereocenters. The van der Waals surface area contributed by atoms with Gasteiger partial charge in [0.2, 0.25) is 0 Å². The predicted octanol–water partition coefficient (Wildman–Crippen LogP) is 2.66. The van der Waals surface area contributed by atoms with Crippen molar-refractivity contribution in [3.8, 4) is 5.69 Å². The quantitative estimate of drug-likeness (QED) is 0.848. The topological polar surface area (TPSA) is 38.1 Å². The van der Waals surface area contributed by atoms with E-state index in [1.54, 1.807) is 16.6 Å². The van der Waals surface area contributed by atoms with Gasteiger partial charge in [-0.05, 0) is 39.0 Å². The summed E-state index contributed by atoms with van der Waals surface area (Å²) in [5.74, 6) is -0.0484. The Bertz CT molecular complexity index is 572. The lowest BCUT2D eigenvalue weighted by atomic mass is 10.3. The molecule has 100 valence electrons. The number of aromatic nitrogens is 2. The van der Waals surface area contributed by atoms with Crippen LogP contribution in [0.2, 0.25) is 0 Å². The third-order valence-corrected chi connectivity index (χ3v) is 3.20. The van der Waals surface area contributed by atoms with Crippen molar-refractivity contribution in [1.29, 1.82) is 0 Å². The smallest absolute Gasteiger partial charge is 0.274 e. The molecule has 1 aromatic heterocycles. The molecule has 1 aromatic carbocycles. The Morgan fingerprint density at radius 3 is 2.47 bits per heavy atom. The normalized spacial score (nSPS) is 10.8. The first kappa shape index (κ1) is 13.3. The fraction of sp³-hybridized carbons (Fsp3) is 0.333. The highest BCUT2D eigenvalue weighted by Gasteiger charge is 2.18.